The Morgan fingerprint density at radius 3 is 2.71 bits per heavy atom. The normalized spacial score (nSPS) is 18.7. The van der Waals surface area contributed by atoms with E-state index in [4.69, 9.17) is 9.84 Å². The quantitative estimate of drug-likeness (QED) is 0.757. The van der Waals surface area contributed by atoms with E-state index in [0.717, 1.165) is 11.1 Å². The summed E-state index contributed by atoms with van der Waals surface area (Å²) in [6, 6.07) is 2.47. The van der Waals surface area contributed by atoms with Crippen molar-refractivity contribution in [3.63, 3.8) is 0 Å². The van der Waals surface area contributed by atoms with E-state index in [2.05, 4.69) is 5.32 Å². The zero-order valence-electron chi connectivity index (χ0n) is 9.61. The van der Waals surface area contributed by atoms with Crippen molar-refractivity contribution >= 4 is 11.9 Å². The Bertz CT molecular complexity index is 496. The predicted molar refractivity (Wildman–Crippen MR) is 60.3 cm³/mol. The lowest BCUT2D eigenvalue weighted by Gasteiger charge is -2.09. The van der Waals surface area contributed by atoms with Gasteiger partial charge in [0.25, 0.3) is 5.91 Å². The summed E-state index contributed by atoms with van der Waals surface area (Å²) in [4.78, 5) is 22.7. The van der Waals surface area contributed by atoms with Crippen LogP contribution in [0.5, 0.6) is 5.75 Å². The Morgan fingerprint density at radius 2 is 2.06 bits per heavy atom. The van der Waals surface area contributed by atoms with E-state index >= 15 is 0 Å². The SMILES string of the molecule is Cc1cc2c(cc1C)C(=O)NC(C(=O)O)CO2. The van der Waals surface area contributed by atoms with Crippen molar-refractivity contribution in [3.8, 4) is 5.75 Å². The third-order valence-corrected chi connectivity index (χ3v) is 2.85. The van der Waals surface area contributed by atoms with Gasteiger partial charge >= 0.3 is 5.97 Å². The minimum atomic E-state index is -1.10. The first-order valence-corrected chi connectivity index (χ1v) is 5.26. The fraction of sp³-hybridized carbons (Fsp3) is 0.333. The summed E-state index contributed by atoms with van der Waals surface area (Å²) in [5.74, 6) is -1.07. The molecule has 0 radical (unpaired) electrons. The van der Waals surface area contributed by atoms with Crippen molar-refractivity contribution in [2.75, 3.05) is 6.61 Å². The molecule has 1 amide bonds. The monoisotopic (exact) mass is 235 g/mol. The van der Waals surface area contributed by atoms with E-state index < -0.39 is 17.9 Å². The number of carbonyl (C=O) groups excluding carboxylic acids is 1. The molecule has 1 unspecified atom stereocenters. The van der Waals surface area contributed by atoms with Gasteiger partial charge in [-0.3, -0.25) is 4.79 Å². The van der Waals surface area contributed by atoms with Gasteiger partial charge in [-0.05, 0) is 37.1 Å². The van der Waals surface area contributed by atoms with E-state index in [1.54, 1.807) is 12.1 Å². The van der Waals surface area contributed by atoms with Crippen LogP contribution < -0.4 is 10.1 Å². The number of ether oxygens (including phenoxy) is 1. The minimum Gasteiger partial charge on any atom is -0.490 e. The van der Waals surface area contributed by atoms with E-state index in [-0.39, 0.29) is 6.61 Å². The number of carboxylic acids is 1. The lowest BCUT2D eigenvalue weighted by atomic mass is 10.0. The summed E-state index contributed by atoms with van der Waals surface area (Å²) >= 11 is 0. The molecule has 0 fully saturated rings. The largest absolute Gasteiger partial charge is 0.490 e. The number of hydrogen-bond donors (Lipinski definition) is 2. The molecule has 0 saturated heterocycles. The second-order valence-electron chi connectivity index (χ2n) is 4.11. The molecule has 17 heavy (non-hydrogen) atoms. The first-order chi connectivity index (χ1) is 7.99. The second kappa shape index (κ2) is 4.08. The van der Waals surface area contributed by atoms with Crippen LogP contribution in [0.2, 0.25) is 0 Å². The summed E-state index contributed by atoms with van der Waals surface area (Å²) < 4.78 is 5.36. The number of fused-ring (bicyclic) bond motifs is 1. The molecule has 0 spiro atoms. The molecule has 0 aliphatic carbocycles. The van der Waals surface area contributed by atoms with Crippen LogP contribution in [-0.2, 0) is 4.79 Å². The number of rotatable bonds is 1. The number of carbonyl (C=O) groups is 2. The first kappa shape index (κ1) is 11.4. The number of aliphatic carboxylic acids is 1. The summed E-state index contributed by atoms with van der Waals surface area (Å²) in [5, 5.41) is 11.3. The molecule has 5 heteroatoms. The molecule has 1 aromatic carbocycles. The Labute approximate surface area is 98.4 Å². The summed E-state index contributed by atoms with van der Waals surface area (Å²) in [5.41, 5.74) is 2.36. The molecule has 0 bridgehead atoms. The molecule has 1 aliphatic heterocycles. The Hall–Kier alpha value is -2.04. The fourth-order valence-corrected chi connectivity index (χ4v) is 1.67. The number of hydrogen-bond acceptors (Lipinski definition) is 3. The van der Waals surface area contributed by atoms with E-state index in [1.807, 2.05) is 13.8 Å². The van der Waals surface area contributed by atoms with Crippen molar-refractivity contribution in [1.82, 2.24) is 5.32 Å². The van der Waals surface area contributed by atoms with Crippen molar-refractivity contribution in [2.24, 2.45) is 0 Å². The summed E-state index contributed by atoms with van der Waals surface area (Å²) in [6.07, 6.45) is 0. The third kappa shape index (κ3) is 2.08. The average molecular weight is 235 g/mol. The molecule has 90 valence electrons. The lowest BCUT2D eigenvalue weighted by molar-refractivity contribution is -0.139. The molecule has 2 N–H and O–H groups in total. The smallest absolute Gasteiger partial charge is 0.329 e. The molecule has 0 saturated carbocycles. The van der Waals surface area contributed by atoms with Crippen LogP contribution in [-0.4, -0.2) is 29.6 Å². The molecule has 1 atom stereocenters. The van der Waals surface area contributed by atoms with Gasteiger partial charge in [0, 0.05) is 0 Å². The van der Waals surface area contributed by atoms with Crippen LogP contribution in [0.15, 0.2) is 12.1 Å². The van der Waals surface area contributed by atoms with Gasteiger partial charge in [0.1, 0.15) is 12.4 Å². The maximum absolute atomic E-state index is 11.8. The van der Waals surface area contributed by atoms with Crippen LogP contribution in [0.4, 0.5) is 0 Å². The molecule has 1 aliphatic rings. The molecule has 5 nitrogen and oxygen atoms in total. The zero-order valence-corrected chi connectivity index (χ0v) is 9.61. The molecule has 1 aromatic rings. The van der Waals surface area contributed by atoms with Crippen LogP contribution in [0.25, 0.3) is 0 Å². The van der Waals surface area contributed by atoms with E-state index in [0.29, 0.717) is 11.3 Å². The Balaban J connectivity index is 2.41. The number of carboxylic acid groups (broad SMARTS) is 1. The topological polar surface area (TPSA) is 75.6 Å². The van der Waals surface area contributed by atoms with Gasteiger partial charge in [0.05, 0.1) is 5.56 Å². The van der Waals surface area contributed by atoms with Crippen molar-refractivity contribution in [3.05, 3.63) is 28.8 Å². The van der Waals surface area contributed by atoms with Gasteiger partial charge < -0.3 is 15.2 Å². The lowest BCUT2D eigenvalue weighted by Crippen LogP contribution is -2.42. The third-order valence-electron chi connectivity index (χ3n) is 2.85. The maximum atomic E-state index is 11.8. The zero-order chi connectivity index (χ0) is 12.6. The fourth-order valence-electron chi connectivity index (χ4n) is 1.67. The van der Waals surface area contributed by atoms with Gasteiger partial charge in [-0.15, -0.1) is 0 Å². The molecule has 2 rings (SSSR count). The van der Waals surface area contributed by atoms with Crippen LogP contribution in [0.1, 0.15) is 21.5 Å². The highest BCUT2D eigenvalue weighted by molar-refractivity contribution is 5.99. The predicted octanol–water partition coefficient (Wildman–Crippen LogP) is 0.879. The van der Waals surface area contributed by atoms with Gasteiger partial charge in [-0.25, -0.2) is 4.79 Å². The second-order valence-corrected chi connectivity index (χ2v) is 4.11. The highest BCUT2D eigenvalue weighted by Crippen LogP contribution is 2.25. The highest BCUT2D eigenvalue weighted by Gasteiger charge is 2.27. The number of aryl methyl sites for hydroxylation is 2. The molecular weight excluding hydrogens is 222 g/mol. The molecule has 0 aromatic heterocycles. The van der Waals surface area contributed by atoms with Crippen LogP contribution in [0, 0.1) is 13.8 Å². The molecule has 1 heterocycles. The van der Waals surface area contributed by atoms with E-state index in [1.165, 1.54) is 0 Å². The summed E-state index contributed by atoms with van der Waals surface area (Å²) in [6.45, 7) is 3.75. The maximum Gasteiger partial charge on any atom is 0.329 e. The Kier molecular flexibility index (Phi) is 2.75. The van der Waals surface area contributed by atoms with Gasteiger partial charge in [-0.1, -0.05) is 0 Å². The van der Waals surface area contributed by atoms with Crippen LogP contribution >= 0.6 is 0 Å². The van der Waals surface area contributed by atoms with Crippen LogP contribution in [0.3, 0.4) is 0 Å². The van der Waals surface area contributed by atoms with E-state index in [9.17, 15) is 9.59 Å². The molecular formula is C12H13NO4. The number of benzene rings is 1. The highest BCUT2D eigenvalue weighted by atomic mass is 16.5. The summed E-state index contributed by atoms with van der Waals surface area (Å²) in [7, 11) is 0. The van der Waals surface area contributed by atoms with Gasteiger partial charge in [0.15, 0.2) is 6.04 Å². The van der Waals surface area contributed by atoms with Gasteiger partial charge in [-0.2, -0.15) is 0 Å². The van der Waals surface area contributed by atoms with Gasteiger partial charge in [0.2, 0.25) is 0 Å². The first-order valence-electron chi connectivity index (χ1n) is 5.26. The Morgan fingerprint density at radius 1 is 1.41 bits per heavy atom. The van der Waals surface area contributed by atoms with Crippen molar-refractivity contribution in [2.45, 2.75) is 19.9 Å². The number of nitrogens with one attached hydrogen (secondary N) is 1. The minimum absolute atomic E-state index is 0.0590. The number of amides is 1. The average Bonchev–Trinajstić information content (AvgIpc) is 2.41. The van der Waals surface area contributed by atoms with Crippen molar-refractivity contribution in [1.29, 1.82) is 0 Å². The standard InChI is InChI=1S/C12H13NO4/c1-6-3-8-10(4-7(6)2)17-5-9(12(15)16)13-11(8)14/h3-4,9H,5H2,1-2H3,(H,13,14)(H,15,16). The van der Waals surface area contributed by atoms with Crippen molar-refractivity contribution < 1.29 is 19.4 Å².